The van der Waals surface area contributed by atoms with E-state index in [2.05, 4.69) is 10.2 Å². The lowest BCUT2D eigenvalue weighted by molar-refractivity contribution is -0.127. The van der Waals surface area contributed by atoms with Gasteiger partial charge in [-0.15, -0.1) is 0 Å². The largest absolute Gasteiger partial charge is 0.349 e. The van der Waals surface area contributed by atoms with E-state index < -0.39 is 9.84 Å². The number of carbonyl (C=O) groups is 1. The van der Waals surface area contributed by atoms with Gasteiger partial charge >= 0.3 is 0 Å². The normalized spacial score (nSPS) is 18.7. The summed E-state index contributed by atoms with van der Waals surface area (Å²) in [4.78, 5) is 15.5. The molecule has 0 bridgehead atoms. The highest BCUT2D eigenvalue weighted by atomic mass is 35.5. The summed E-state index contributed by atoms with van der Waals surface area (Å²) in [6.07, 6.45) is 3.77. The fourth-order valence-electron chi connectivity index (χ4n) is 3.94. The molecule has 1 heterocycles. The van der Waals surface area contributed by atoms with Crippen LogP contribution in [0, 0.1) is 5.92 Å². The van der Waals surface area contributed by atoms with E-state index in [1.165, 1.54) is 6.26 Å². The number of piperidine rings is 1. The van der Waals surface area contributed by atoms with Crippen molar-refractivity contribution < 1.29 is 13.2 Å². The van der Waals surface area contributed by atoms with Crippen molar-refractivity contribution in [2.75, 3.05) is 19.3 Å². The van der Waals surface area contributed by atoms with Crippen LogP contribution < -0.4 is 5.32 Å². The number of likely N-dealkylation sites (tertiary alicyclic amines) is 1. The minimum Gasteiger partial charge on any atom is -0.349 e. The van der Waals surface area contributed by atoms with Crippen molar-refractivity contribution in [2.45, 2.75) is 43.7 Å². The number of rotatable bonds is 7. The fraction of sp³-hybridized carbons (Fsp3) is 0.435. The summed E-state index contributed by atoms with van der Waals surface area (Å²) in [7, 11) is -3.23. The zero-order valence-electron chi connectivity index (χ0n) is 17.5. The van der Waals surface area contributed by atoms with Crippen LogP contribution in [-0.4, -0.2) is 38.6 Å². The van der Waals surface area contributed by atoms with Gasteiger partial charge in [-0.2, -0.15) is 0 Å². The van der Waals surface area contributed by atoms with Crippen LogP contribution in [0.2, 0.25) is 5.02 Å². The monoisotopic (exact) mass is 448 g/mol. The smallest absolute Gasteiger partial charge is 0.224 e. The maximum Gasteiger partial charge on any atom is 0.224 e. The van der Waals surface area contributed by atoms with Crippen molar-refractivity contribution in [3.05, 3.63) is 64.7 Å². The van der Waals surface area contributed by atoms with Gasteiger partial charge in [0.25, 0.3) is 0 Å². The molecule has 2 atom stereocenters. The first-order valence-electron chi connectivity index (χ1n) is 10.3. The number of hydrogen-bond donors (Lipinski definition) is 1. The third-order valence-electron chi connectivity index (χ3n) is 5.66. The van der Waals surface area contributed by atoms with E-state index in [1.54, 1.807) is 24.3 Å². The molecule has 1 saturated heterocycles. The SMILES string of the molecule is CC[C@@H](NC(=O)[C@@H]1CCCN(Cc2ccccc2Cl)C1)c1ccc(S(C)(=O)=O)cc1. The lowest BCUT2D eigenvalue weighted by Gasteiger charge is -2.33. The average Bonchev–Trinajstić information content (AvgIpc) is 2.73. The third kappa shape index (κ3) is 5.84. The highest BCUT2D eigenvalue weighted by Crippen LogP contribution is 2.24. The van der Waals surface area contributed by atoms with Gasteiger partial charge in [-0.1, -0.05) is 48.9 Å². The average molecular weight is 449 g/mol. The molecule has 1 amide bonds. The zero-order chi connectivity index (χ0) is 21.7. The second-order valence-electron chi connectivity index (χ2n) is 7.98. The minimum atomic E-state index is -3.23. The molecule has 162 valence electrons. The van der Waals surface area contributed by atoms with Crippen molar-refractivity contribution in [3.63, 3.8) is 0 Å². The van der Waals surface area contributed by atoms with Crippen molar-refractivity contribution in [1.82, 2.24) is 10.2 Å². The molecule has 0 aliphatic carbocycles. The Balaban J connectivity index is 1.63. The van der Waals surface area contributed by atoms with Crippen LogP contribution in [0.1, 0.15) is 43.4 Å². The molecule has 5 nitrogen and oxygen atoms in total. The van der Waals surface area contributed by atoms with Gasteiger partial charge < -0.3 is 5.32 Å². The topological polar surface area (TPSA) is 66.5 Å². The van der Waals surface area contributed by atoms with Crippen molar-refractivity contribution in [2.24, 2.45) is 5.92 Å². The Bertz CT molecular complexity index is 976. The van der Waals surface area contributed by atoms with Gasteiger partial charge in [0.15, 0.2) is 9.84 Å². The Morgan fingerprint density at radius 2 is 1.90 bits per heavy atom. The Morgan fingerprint density at radius 3 is 2.53 bits per heavy atom. The first-order chi connectivity index (χ1) is 14.3. The van der Waals surface area contributed by atoms with Gasteiger partial charge in [0, 0.05) is 24.4 Å². The molecular formula is C23H29ClN2O3S. The van der Waals surface area contributed by atoms with E-state index in [4.69, 9.17) is 11.6 Å². The Kier molecular flexibility index (Phi) is 7.55. The van der Waals surface area contributed by atoms with E-state index in [1.807, 2.05) is 31.2 Å². The molecule has 2 aromatic carbocycles. The molecule has 0 radical (unpaired) electrons. The molecule has 1 fully saturated rings. The van der Waals surface area contributed by atoms with E-state index >= 15 is 0 Å². The van der Waals surface area contributed by atoms with Gasteiger partial charge in [-0.25, -0.2) is 8.42 Å². The van der Waals surface area contributed by atoms with Crippen LogP contribution in [0.15, 0.2) is 53.4 Å². The molecule has 1 aliphatic heterocycles. The zero-order valence-corrected chi connectivity index (χ0v) is 19.0. The summed E-state index contributed by atoms with van der Waals surface area (Å²) >= 11 is 6.29. The number of halogens is 1. The molecule has 0 unspecified atom stereocenters. The fourth-order valence-corrected chi connectivity index (χ4v) is 4.76. The van der Waals surface area contributed by atoms with Gasteiger partial charge in [-0.3, -0.25) is 9.69 Å². The number of benzene rings is 2. The third-order valence-corrected chi connectivity index (χ3v) is 7.16. The number of nitrogens with zero attached hydrogens (tertiary/aromatic N) is 1. The Morgan fingerprint density at radius 1 is 1.20 bits per heavy atom. The first-order valence-corrected chi connectivity index (χ1v) is 12.6. The number of carbonyl (C=O) groups excluding carboxylic acids is 1. The van der Waals surface area contributed by atoms with Crippen LogP contribution in [-0.2, 0) is 21.2 Å². The molecule has 30 heavy (non-hydrogen) atoms. The van der Waals surface area contributed by atoms with E-state index in [9.17, 15) is 13.2 Å². The Hall–Kier alpha value is -1.89. The summed E-state index contributed by atoms with van der Waals surface area (Å²) in [6.45, 7) is 4.42. The standard InChI is InChI=1S/C23H29ClN2O3S/c1-3-22(17-10-12-20(13-11-17)30(2,28)29)25-23(27)19-8-6-14-26(16-19)15-18-7-4-5-9-21(18)24/h4-5,7,9-13,19,22H,3,6,8,14-16H2,1-2H3,(H,25,27)/t19-,22-/m1/s1. The quantitative estimate of drug-likeness (QED) is 0.688. The summed E-state index contributed by atoms with van der Waals surface area (Å²) in [5, 5.41) is 3.92. The summed E-state index contributed by atoms with van der Waals surface area (Å²) in [6, 6.07) is 14.5. The van der Waals surface area contributed by atoms with Gasteiger partial charge in [0.1, 0.15) is 0 Å². The first kappa shape index (κ1) is 22.8. The van der Waals surface area contributed by atoms with Crippen LogP contribution in [0.3, 0.4) is 0 Å². The maximum absolute atomic E-state index is 13.0. The van der Waals surface area contributed by atoms with E-state index in [0.29, 0.717) is 6.54 Å². The molecule has 0 saturated carbocycles. The molecular weight excluding hydrogens is 420 g/mol. The van der Waals surface area contributed by atoms with Crippen LogP contribution in [0.25, 0.3) is 0 Å². The molecule has 1 N–H and O–H groups in total. The molecule has 2 aromatic rings. The predicted molar refractivity (Wildman–Crippen MR) is 120 cm³/mol. The highest BCUT2D eigenvalue weighted by Gasteiger charge is 2.27. The predicted octanol–water partition coefficient (Wildman–Crippen LogP) is 4.22. The Labute approximate surface area is 184 Å². The van der Waals surface area contributed by atoms with Gasteiger partial charge in [-0.05, 0) is 55.1 Å². The van der Waals surface area contributed by atoms with Crippen LogP contribution >= 0.6 is 11.6 Å². The number of amides is 1. The summed E-state index contributed by atoms with van der Waals surface area (Å²) < 4.78 is 23.3. The highest BCUT2D eigenvalue weighted by molar-refractivity contribution is 7.90. The van der Waals surface area contributed by atoms with E-state index in [-0.39, 0.29) is 22.8 Å². The minimum absolute atomic E-state index is 0.0536. The molecule has 0 aromatic heterocycles. The van der Waals surface area contributed by atoms with Gasteiger partial charge in [0.2, 0.25) is 5.91 Å². The van der Waals surface area contributed by atoms with E-state index in [0.717, 1.165) is 48.5 Å². The van der Waals surface area contributed by atoms with Gasteiger partial charge in [0.05, 0.1) is 16.9 Å². The molecule has 0 spiro atoms. The number of hydrogen-bond acceptors (Lipinski definition) is 4. The van der Waals surface area contributed by atoms with Crippen molar-refractivity contribution >= 4 is 27.3 Å². The molecule has 1 aliphatic rings. The molecule has 7 heteroatoms. The molecule has 3 rings (SSSR count). The number of sulfone groups is 1. The van der Waals surface area contributed by atoms with Crippen LogP contribution in [0.4, 0.5) is 0 Å². The van der Waals surface area contributed by atoms with Crippen molar-refractivity contribution in [1.29, 1.82) is 0 Å². The summed E-state index contributed by atoms with van der Waals surface area (Å²) in [5.41, 5.74) is 2.00. The number of nitrogens with one attached hydrogen (secondary N) is 1. The lowest BCUT2D eigenvalue weighted by Crippen LogP contribution is -2.43. The second kappa shape index (κ2) is 9.94. The maximum atomic E-state index is 13.0. The second-order valence-corrected chi connectivity index (χ2v) is 10.4. The summed E-state index contributed by atoms with van der Waals surface area (Å²) in [5.74, 6) is -0.0107. The van der Waals surface area contributed by atoms with Crippen molar-refractivity contribution in [3.8, 4) is 0 Å². The van der Waals surface area contributed by atoms with Crippen LogP contribution in [0.5, 0.6) is 0 Å². The lowest BCUT2D eigenvalue weighted by atomic mass is 9.95.